The molecular weight excluding hydrogens is 204 g/mol. The van der Waals surface area contributed by atoms with E-state index in [1.807, 2.05) is 6.92 Å². The number of aryl methyl sites for hydroxylation is 1. The van der Waals surface area contributed by atoms with E-state index in [1.54, 1.807) is 0 Å². The zero-order valence-corrected chi connectivity index (χ0v) is 9.82. The Morgan fingerprint density at radius 2 is 2.12 bits per heavy atom. The molecule has 88 valence electrons. The van der Waals surface area contributed by atoms with E-state index < -0.39 is 0 Å². The molecule has 1 N–H and O–H groups in total. The molecule has 1 aromatic heterocycles. The fourth-order valence-electron chi connectivity index (χ4n) is 2.44. The molecule has 1 heterocycles. The zero-order valence-electron chi connectivity index (χ0n) is 9.82. The summed E-state index contributed by atoms with van der Waals surface area (Å²) in [4.78, 5) is 11.4. The second-order valence-electron chi connectivity index (χ2n) is 4.55. The number of hydrogen-bond acceptors (Lipinski definition) is 3. The van der Waals surface area contributed by atoms with E-state index >= 15 is 0 Å². The molecule has 0 aliphatic heterocycles. The molecule has 4 nitrogen and oxygen atoms in total. The van der Waals surface area contributed by atoms with Gasteiger partial charge in [-0.15, -0.1) is 0 Å². The summed E-state index contributed by atoms with van der Waals surface area (Å²) in [5.41, 5.74) is 2.24. The average molecular weight is 222 g/mol. The third-order valence-corrected chi connectivity index (χ3v) is 3.41. The zero-order chi connectivity index (χ0) is 11.5. The summed E-state index contributed by atoms with van der Waals surface area (Å²) >= 11 is 0. The smallest absolute Gasteiger partial charge is 0.308 e. The predicted molar refractivity (Wildman–Crippen MR) is 60.0 cm³/mol. The largest absolute Gasteiger partial charge is 0.469 e. The lowest BCUT2D eigenvalue weighted by molar-refractivity contribution is -0.146. The first kappa shape index (κ1) is 11.2. The normalized spacial score (nSPS) is 25.4. The lowest BCUT2D eigenvalue weighted by atomic mass is 9.80. The Labute approximate surface area is 95.4 Å². The van der Waals surface area contributed by atoms with Crippen molar-refractivity contribution in [2.45, 2.75) is 38.5 Å². The molecular formula is C12H18N2O2. The van der Waals surface area contributed by atoms with E-state index in [0.29, 0.717) is 5.92 Å². The van der Waals surface area contributed by atoms with Crippen LogP contribution in [0.5, 0.6) is 0 Å². The number of esters is 1. The average Bonchev–Trinajstić information content (AvgIpc) is 2.75. The summed E-state index contributed by atoms with van der Waals surface area (Å²) in [6, 6.07) is 2.10. The maximum atomic E-state index is 11.4. The Morgan fingerprint density at radius 1 is 1.44 bits per heavy atom. The van der Waals surface area contributed by atoms with Gasteiger partial charge in [-0.1, -0.05) is 0 Å². The van der Waals surface area contributed by atoms with Gasteiger partial charge in [-0.3, -0.25) is 9.89 Å². The van der Waals surface area contributed by atoms with Gasteiger partial charge in [0, 0.05) is 11.6 Å². The maximum Gasteiger partial charge on any atom is 0.308 e. The molecule has 0 aromatic carbocycles. The molecule has 0 unspecified atom stereocenters. The Kier molecular flexibility index (Phi) is 3.27. The van der Waals surface area contributed by atoms with Crippen molar-refractivity contribution in [2.24, 2.45) is 5.92 Å². The molecule has 1 fully saturated rings. The lowest BCUT2D eigenvalue weighted by Crippen LogP contribution is -2.22. The van der Waals surface area contributed by atoms with Crippen LogP contribution in [0.1, 0.15) is 43.0 Å². The van der Waals surface area contributed by atoms with E-state index in [2.05, 4.69) is 16.3 Å². The number of carbonyl (C=O) groups is 1. The lowest BCUT2D eigenvalue weighted by Gasteiger charge is -2.25. The number of methoxy groups -OCH3 is 1. The van der Waals surface area contributed by atoms with Crippen molar-refractivity contribution < 1.29 is 9.53 Å². The van der Waals surface area contributed by atoms with Crippen LogP contribution in [0.4, 0.5) is 0 Å². The topological polar surface area (TPSA) is 55.0 Å². The van der Waals surface area contributed by atoms with Crippen LogP contribution in [0.2, 0.25) is 0 Å². The molecule has 0 radical (unpaired) electrons. The molecule has 0 atom stereocenters. The fourth-order valence-corrected chi connectivity index (χ4v) is 2.44. The van der Waals surface area contributed by atoms with Crippen molar-refractivity contribution >= 4 is 5.97 Å². The predicted octanol–water partition coefficient (Wildman–Crippen LogP) is 2.16. The second kappa shape index (κ2) is 4.68. The van der Waals surface area contributed by atoms with Gasteiger partial charge in [0.1, 0.15) is 0 Å². The summed E-state index contributed by atoms with van der Waals surface area (Å²) in [6.07, 6.45) is 3.90. The van der Waals surface area contributed by atoms with Gasteiger partial charge in [-0.25, -0.2) is 0 Å². The van der Waals surface area contributed by atoms with Crippen LogP contribution in [0.3, 0.4) is 0 Å². The van der Waals surface area contributed by atoms with Gasteiger partial charge < -0.3 is 4.74 Å². The highest BCUT2D eigenvalue weighted by Crippen LogP contribution is 2.35. The molecule has 1 aromatic rings. The number of aromatic nitrogens is 2. The quantitative estimate of drug-likeness (QED) is 0.780. The summed E-state index contributed by atoms with van der Waals surface area (Å²) in [7, 11) is 1.46. The fraction of sp³-hybridized carbons (Fsp3) is 0.667. The van der Waals surface area contributed by atoms with E-state index in [0.717, 1.165) is 37.1 Å². The molecule has 1 aliphatic rings. The minimum Gasteiger partial charge on any atom is -0.469 e. The van der Waals surface area contributed by atoms with Crippen molar-refractivity contribution in [3.8, 4) is 0 Å². The van der Waals surface area contributed by atoms with Crippen molar-refractivity contribution in [1.29, 1.82) is 0 Å². The van der Waals surface area contributed by atoms with Gasteiger partial charge in [0.2, 0.25) is 0 Å². The van der Waals surface area contributed by atoms with Crippen LogP contribution in [-0.2, 0) is 9.53 Å². The van der Waals surface area contributed by atoms with Crippen LogP contribution >= 0.6 is 0 Å². The van der Waals surface area contributed by atoms with Crippen molar-refractivity contribution in [1.82, 2.24) is 10.2 Å². The highest BCUT2D eigenvalue weighted by atomic mass is 16.5. The van der Waals surface area contributed by atoms with Crippen molar-refractivity contribution in [2.75, 3.05) is 7.11 Å². The van der Waals surface area contributed by atoms with Gasteiger partial charge in [0.05, 0.1) is 18.7 Å². The Morgan fingerprint density at radius 3 is 2.62 bits per heavy atom. The van der Waals surface area contributed by atoms with E-state index in [4.69, 9.17) is 4.74 Å². The number of ether oxygens (including phenoxy) is 1. The molecule has 1 saturated carbocycles. The number of hydrogen-bond donors (Lipinski definition) is 1. The molecule has 0 saturated heterocycles. The Hall–Kier alpha value is -1.32. The van der Waals surface area contributed by atoms with Crippen molar-refractivity contribution in [3.05, 3.63) is 17.5 Å². The number of nitrogens with one attached hydrogen (secondary N) is 1. The molecule has 0 spiro atoms. The van der Waals surface area contributed by atoms with Crippen LogP contribution < -0.4 is 0 Å². The molecule has 0 amide bonds. The Balaban J connectivity index is 1.92. The minimum absolute atomic E-state index is 0.0586. The third kappa shape index (κ3) is 2.26. The molecule has 2 rings (SSSR count). The summed E-state index contributed by atoms with van der Waals surface area (Å²) in [5.74, 6) is 0.545. The van der Waals surface area contributed by atoms with Gasteiger partial charge >= 0.3 is 5.97 Å². The highest BCUT2D eigenvalue weighted by molar-refractivity contribution is 5.72. The van der Waals surface area contributed by atoms with Gasteiger partial charge in [0.15, 0.2) is 0 Å². The number of nitrogens with zero attached hydrogens (tertiary/aromatic N) is 1. The first-order valence-corrected chi connectivity index (χ1v) is 5.80. The number of rotatable bonds is 2. The van der Waals surface area contributed by atoms with Gasteiger partial charge in [-0.2, -0.15) is 5.10 Å². The van der Waals surface area contributed by atoms with Crippen LogP contribution in [0.15, 0.2) is 6.07 Å². The van der Waals surface area contributed by atoms with E-state index in [1.165, 1.54) is 7.11 Å². The third-order valence-electron chi connectivity index (χ3n) is 3.41. The second-order valence-corrected chi connectivity index (χ2v) is 4.55. The van der Waals surface area contributed by atoms with E-state index in [-0.39, 0.29) is 11.9 Å². The highest BCUT2D eigenvalue weighted by Gasteiger charge is 2.28. The van der Waals surface area contributed by atoms with Gasteiger partial charge in [-0.05, 0) is 38.7 Å². The minimum atomic E-state index is -0.0586. The van der Waals surface area contributed by atoms with Gasteiger partial charge in [0.25, 0.3) is 0 Å². The van der Waals surface area contributed by atoms with Crippen LogP contribution in [0, 0.1) is 12.8 Å². The van der Waals surface area contributed by atoms with E-state index in [9.17, 15) is 4.79 Å². The Bertz CT molecular complexity index is 365. The number of aromatic amines is 1. The summed E-state index contributed by atoms with van der Waals surface area (Å²) in [5, 5.41) is 7.26. The molecule has 0 bridgehead atoms. The van der Waals surface area contributed by atoms with Crippen molar-refractivity contribution in [3.63, 3.8) is 0 Å². The first-order chi connectivity index (χ1) is 7.70. The summed E-state index contributed by atoms with van der Waals surface area (Å²) < 4.78 is 4.77. The van der Waals surface area contributed by atoms with Crippen LogP contribution in [0.25, 0.3) is 0 Å². The first-order valence-electron chi connectivity index (χ1n) is 5.80. The number of carbonyl (C=O) groups excluding carboxylic acids is 1. The SMILES string of the molecule is COC(=O)C1CCC(c2cc(C)[nH]n2)CC1. The van der Waals surface area contributed by atoms with Crippen LogP contribution in [-0.4, -0.2) is 23.3 Å². The molecule has 16 heavy (non-hydrogen) atoms. The molecule has 1 aliphatic carbocycles. The molecule has 4 heteroatoms. The number of H-pyrrole nitrogens is 1. The summed E-state index contributed by atoms with van der Waals surface area (Å²) in [6.45, 7) is 2.01. The standard InChI is InChI=1S/C12H18N2O2/c1-8-7-11(14-13-8)9-3-5-10(6-4-9)12(15)16-2/h7,9-10H,3-6H2,1-2H3,(H,13,14). The maximum absolute atomic E-state index is 11.4. The monoisotopic (exact) mass is 222 g/mol.